The first-order valence-electron chi connectivity index (χ1n) is 6.15. The quantitative estimate of drug-likeness (QED) is 0.711. The zero-order valence-corrected chi connectivity index (χ0v) is 9.59. The van der Waals surface area contributed by atoms with Crippen LogP contribution in [-0.4, -0.2) is 23.0 Å². The SMILES string of the molecule is Cc1ccc2[nH]c3c(c2c1)C1CCN(C3)C1. The minimum absolute atomic E-state index is 0.777. The van der Waals surface area contributed by atoms with Crippen molar-refractivity contribution in [3.8, 4) is 0 Å². The van der Waals surface area contributed by atoms with Gasteiger partial charge in [-0.15, -0.1) is 0 Å². The maximum Gasteiger partial charge on any atom is 0.0459 e. The van der Waals surface area contributed by atoms with Crippen LogP contribution in [0.5, 0.6) is 0 Å². The highest BCUT2D eigenvalue weighted by atomic mass is 15.2. The molecule has 1 fully saturated rings. The highest BCUT2D eigenvalue weighted by Gasteiger charge is 2.33. The monoisotopic (exact) mass is 212 g/mol. The van der Waals surface area contributed by atoms with Gasteiger partial charge in [0.2, 0.25) is 0 Å². The number of H-pyrrole nitrogens is 1. The maximum atomic E-state index is 3.60. The molecule has 0 saturated carbocycles. The number of aromatic amines is 1. The van der Waals surface area contributed by atoms with Gasteiger partial charge in [0.15, 0.2) is 0 Å². The summed E-state index contributed by atoms with van der Waals surface area (Å²) in [6.07, 6.45) is 1.34. The Labute approximate surface area is 95.3 Å². The molecule has 0 aliphatic carbocycles. The minimum Gasteiger partial charge on any atom is -0.357 e. The summed E-state index contributed by atoms with van der Waals surface area (Å²) in [5, 5.41) is 1.47. The summed E-state index contributed by atoms with van der Waals surface area (Å²) >= 11 is 0. The number of aromatic nitrogens is 1. The second kappa shape index (κ2) is 2.89. The molecule has 2 aliphatic heterocycles. The molecule has 1 aromatic carbocycles. The van der Waals surface area contributed by atoms with E-state index in [2.05, 4.69) is 35.0 Å². The lowest BCUT2D eigenvalue weighted by molar-refractivity contribution is 0.310. The number of benzene rings is 1. The lowest BCUT2D eigenvalue weighted by Gasteiger charge is -2.22. The largest absolute Gasteiger partial charge is 0.357 e. The molecule has 2 unspecified atom stereocenters. The second-order valence-electron chi connectivity index (χ2n) is 5.29. The van der Waals surface area contributed by atoms with Crippen LogP contribution in [0.4, 0.5) is 0 Å². The predicted octanol–water partition coefficient (Wildman–Crippen LogP) is 2.78. The summed E-state index contributed by atoms with van der Waals surface area (Å²) in [6, 6.07) is 6.77. The minimum atomic E-state index is 0.777. The van der Waals surface area contributed by atoms with Crippen molar-refractivity contribution in [2.24, 2.45) is 0 Å². The average molecular weight is 212 g/mol. The van der Waals surface area contributed by atoms with Crippen molar-refractivity contribution in [2.75, 3.05) is 13.1 Å². The highest BCUT2D eigenvalue weighted by molar-refractivity contribution is 5.86. The lowest BCUT2D eigenvalue weighted by Crippen LogP contribution is -2.24. The normalized spacial score (nSPS) is 27.3. The smallest absolute Gasteiger partial charge is 0.0459 e. The van der Waals surface area contributed by atoms with Crippen molar-refractivity contribution in [3.05, 3.63) is 35.0 Å². The van der Waals surface area contributed by atoms with E-state index in [1.165, 1.54) is 41.7 Å². The third-order valence-electron chi connectivity index (χ3n) is 4.14. The van der Waals surface area contributed by atoms with Crippen LogP contribution in [0.15, 0.2) is 18.2 Å². The molecule has 2 bridgehead atoms. The standard InChI is InChI=1S/C14H16N2/c1-9-2-3-12-11(6-9)14-10-4-5-16(7-10)8-13(14)15-12/h2-3,6,10,15H,4-5,7-8H2,1H3. The molecular formula is C14H16N2. The molecule has 2 atom stereocenters. The molecule has 82 valence electrons. The molecule has 4 rings (SSSR count). The topological polar surface area (TPSA) is 19.0 Å². The lowest BCUT2D eigenvalue weighted by atomic mass is 9.93. The van der Waals surface area contributed by atoms with Gasteiger partial charge in [-0.25, -0.2) is 0 Å². The molecule has 0 radical (unpaired) electrons. The zero-order valence-electron chi connectivity index (χ0n) is 9.59. The Hall–Kier alpha value is -1.28. The predicted molar refractivity (Wildman–Crippen MR) is 65.7 cm³/mol. The van der Waals surface area contributed by atoms with Gasteiger partial charge >= 0.3 is 0 Å². The number of hydrogen-bond acceptors (Lipinski definition) is 1. The molecule has 2 aliphatic rings. The van der Waals surface area contributed by atoms with E-state index in [1.54, 1.807) is 5.56 Å². The molecule has 1 aromatic heterocycles. The number of nitrogens with one attached hydrogen (secondary N) is 1. The third-order valence-corrected chi connectivity index (χ3v) is 4.14. The van der Waals surface area contributed by atoms with Crippen molar-refractivity contribution < 1.29 is 0 Å². The van der Waals surface area contributed by atoms with Crippen LogP contribution in [-0.2, 0) is 6.54 Å². The van der Waals surface area contributed by atoms with Crippen LogP contribution < -0.4 is 0 Å². The van der Waals surface area contributed by atoms with Crippen molar-refractivity contribution in [1.82, 2.24) is 9.88 Å². The second-order valence-corrected chi connectivity index (χ2v) is 5.29. The summed E-state index contributed by atoms with van der Waals surface area (Å²) < 4.78 is 0. The Kier molecular flexibility index (Phi) is 1.59. The van der Waals surface area contributed by atoms with E-state index in [4.69, 9.17) is 0 Å². The van der Waals surface area contributed by atoms with E-state index < -0.39 is 0 Å². The van der Waals surface area contributed by atoms with E-state index in [9.17, 15) is 0 Å². The molecule has 2 heteroatoms. The van der Waals surface area contributed by atoms with Crippen LogP contribution >= 0.6 is 0 Å². The van der Waals surface area contributed by atoms with Crippen LogP contribution in [0.25, 0.3) is 10.9 Å². The Bertz CT molecular complexity index is 567. The van der Waals surface area contributed by atoms with Crippen LogP contribution in [0.1, 0.15) is 29.2 Å². The zero-order chi connectivity index (χ0) is 10.7. The van der Waals surface area contributed by atoms with E-state index in [-0.39, 0.29) is 0 Å². The van der Waals surface area contributed by atoms with Crippen molar-refractivity contribution >= 4 is 10.9 Å². The van der Waals surface area contributed by atoms with E-state index in [1.807, 2.05) is 0 Å². The summed E-state index contributed by atoms with van der Waals surface area (Å²) in [5.74, 6) is 0.777. The van der Waals surface area contributed by atoms with Gasteiger partial charge in [-0.1, -0.05) is 11.6 Å². The third kappa shape index (κ3) is 1.05. The Morgan fingerprint density at radius 3 is 3.25 bits per heavy atom. The molecule has 16 heavy (non-hydrogen) atoms. The number of aryl methyl sites for hydroxylation is 1. The van der Waals surface area contributed by atoms with Gasteiger partial charge in [-0.05, 0) is 37.6 Å². The molecule has 2 aromatic rings. The molecule has 0 amide bonds. The first-order chi connectivity index (χ1) is 7.81. The fraction of sp³-hybridized carbons (Fsp3) is 0.429. The average Bonchev–Trinajstić information content (AvgIpc) is 2.81. The van der Waals surface area contributed by atoms with Crippen LogP contribution in [0.3, 0.4) is 0 Å². The molecule has 2 nitrogen and oxygen atoms in total. The van der Waals surface area contributed by atoms with Gasteiger partial charge in [-0.3, -0.25) is 4.90 Å². The maximum absolute atomic E-state index is 3.60. The van der Waals surface area contributed by atoms with E-state index in [0.29, 0.717) is 0 Å². The van der Waals surface area contributed by atoms with Gasteiger partial charge in [0.05, 0.1) is 0 Å². The number of fused-ring (bicyclic) bond motifs is 6. The van der Waals surface area contributed by atoms with Gasteiger partial charge in [-0.2, -0.15) is 0 Å². The summed E-state index contributed by atoms with van der Waals surface area (Å²) in [5.41, 5.74) is 5.78. The molecule has 1 N–H and O–H groups in total. The number of rotatable bonds is 0. The molecule has 1 saturated heterocycles. The van der Waals surface area contributed by atoms with Crippen LogP contribution in [0.2, 0.25) is 0 Å². The van der Waals surface area contributed by atoms with Gasteiger partial charge in [0.1, 0.15) is 0 Å². The Balaban J connectivity index is 2.03. The van der Waals surface area contributed by atoms with Crippen molar-refractivity contribution in [2.45, 2.75) is 25.8 Å². The summed E-state index contributed by atoms with van der Waals surface area (Å²) in [7, 11) is 0. The number of nitrogens with zero attached hydrogens (tertiary/aromatic N) is 1. The van der Waals surface area contributed by atoms with Crippen LogP contribution in [0, 0.1) is 6.92 Å². The molecule has 3 heterocycles. The highest BCUT2D eigenvalue weighted by Crippen LogP contribution is 2.40. The molecular weight excluding hydrogens is 196 g/mol. The first-order valence-corrected chi connectivity index (χ1v) is 6.15. The first kappa shape index (κ1) is 8.82. The fourth-order valence-electron chi connectivity index (χ4n) is 3.41. The van der Waals surface area contributed by atoms with Crippen molar-refractivity contribution in [3.63, 3.8) is 0 Å². The van der Waals surface area contributed by atoms with Gasteiger partial charge in [0, 0.05) is 35.6 Å². The van der Waals surface area contributed by atoms with Gasteiger partial charge < -0.3 is 4.98 Å². The van der Waals surface area contributed by atoms with Crippen molar-refractivity contribution in [1.29, 1.82) is 0 Å². The Morgan fingerprint density at radius 1 is 1.38 bits per heavy atom. The van der Waals surface area contributed by atoms with Gasteiger partial charge in [0.25, 0.3) is 0 Å². The fourth-order valence-corrected chi connectivity index (χ4v) is 3.41. The molecule has 0 spiro atoms. The summed E-state index contributed by atoms with van der Waals surface area (Å²) in [6.45, 7) is 5.86. The summed E-state index contributed by atoms with van der Waals surface area (Å²) in [4.78, 5) is 6.17. The Morgan fingerprint density at radius 2 is 2.31 bits per heavy atom. The van der Waals surface area contributed by atoms with E-state index in [0.717, 1.165) is 12.5 Å². The number of hydrogen-bond donors (Lipinski definition) is 1. The van der Waals surface area contributed by atoms with E-state index >= 15 is 0 Å².